The molecule has 1 amide bonds. The van der Waals surface area contributed by atoms with Crippen molar-refractivity contribution in [2.75, 3.05) is 25.6 Å². The number of carbonyl (C=O) groups excluding carboxylic acids is 1. The van der Waals surface area contributed by atoms with Crippen molar-refractivity contribution >= 4 is 17.3 Å². The van der Waals surface area contributed by atoms with Crippen LogP contribution in [0.5, 0.6) is 0 Å². The molecular formula is C13H19N3O4. The van der Waals surface area contributed by atoms with Crippen LogP contribution in [0.15, 0.2) is 18.2 Å². The lowest BCUT2D eigenvalue weighted by Crippen LogP contribution is -2.36. The standard InChI is InChI=1S/C13H19N3O4/c1-4-14-11-7-5-6-10(12(11)16(18)19)13(17)15-9(2)8-20-3/h5-7,9,14H,4,8H2,1-3H3,(H,15,17). The van der Waals surface area contributed by atoms with Crippen molar-refractivity contribution in [1.82, 2.24) is 5.32 Å². The molecule has 0 saturated heterocycles. The Kier molecular flexibility index (Phi) is 5.92. The summed E-state index contributed by atoms with van der Waals surface area (Å²) in [6.07, 6.45) is 0. The molecule has 0 radical (unpaired) electrons. The fourth-order valence-electron chi connectivity index (χ4n) is 1.85. The molecule has 20 heavy (non-hydrogen) atoms. The second-order valence-corrected chi connectivity index (χ2v) is 4.32. The molecule has 0 spiro atoms. The van der Waals surface area contributed by atoms with Gasteiger partial charge in [-0.3, -0.25) is 14.9 Å². The summed E-state index contributed by atoms with van der Waals surface area (Å²) < 4.78 is 4.92. The maximum atomic E-state index is 12.1. The number of nitro groups is 1. The first-order chi connectivity index (χ1) is 9.51. The molecule has 1 aromatic carbocycles. The van der Waals surface area contributed by atoms with E-state index in [1.54, 1.807) is 19.1 Å². The van der Waals surface area contributed by atoms with Crippen molar-refractivity contribution in [2.45, 2.75) is 19.9 Å². The smallest absolute Gasteiger partial charge is 0.305 e. The number of benzene rings is 1. The van der Waals surface area contributed by atoms with Crippen molar-refractivity contribution in [1.29, 1.82) is 0 Å². The fraction of sp³-hybridized carbons (Fsp3) is 0.462. The molecule has 110 valence electrons. The first kappa shape index (κ1) is 15.9. The maximum absolute atomic E-state index is 12.1. The number of carbonyl (C=O) groups is 1. The number of anilines is 1. The predicted octanol–water partition coefficient (Wildman–Crippen LogP) is 1.79. The highest BCUT2D eigenvalue weighted by Crippen LogP contribution is 2.28. The van der Waals surface area contributed by atoms with E-state index >= 15 is 0 Å². The Morgan fingerprint density at radius 1 is 1.50 bits per heavy atom. The van der Waals surface area contributed by atoms with Gasteiger partial charge in [0.1, 0.15) is 11.3 Å². The van der Waals surface area contributed by atoms with E-state index in [1.807, 2.05) is 6.92 Å². The molecule has 1 unspecified atom stereocenters. The van der Waals surface area contributed by atoms with Gasteiger partial charge in [-0.2, -0.15) is 0 Å². The molecule has 0 aliphatic rings. The number of amides is 1. The van der Waals surface area contributed by atoms with Gasteiger partial charge < -0.3 is 15.4 Å². The number of hydrogen-bond acceptors (Lipinski definition) is 5. The number of nitrogens with one attached hydrogen (secondary N) is 2. The summed E-state index contributed by atoms with van der Waals surface area (Å²) in [6, 6.07) is 4.40. The van der Waals surface area contributed by atoms with Gasteiger partial charge in [0.15, 0.2) is 0 Å². The summed E-state index contributed by atoms with van der Waals surface area (Å²) in [5, 5.41) is 16.7. The molecule has 1 rings (SSSR count). The lowest BCUT2D eigenvalue weighted by atomic mass is 10.1. The zero-order valence-electron chi connectivity index (χ0n) is 11.8. The zero-order valence-corrected chi connectivity index (χ0v) is 11.8. The van der Waals surface area contributed by atoms with E-state index in [4.69, 9.17) is 4.74 Å². The van der Waals surface area contributed by atoms with Crippen molar-refractivity contribution < 1.29 is 14.5 Å². The topological polar surface area (TPSA) is 93.5 Å². The highest BCUT2D eigenvalue weighted by molar-refractivity contribution is 6.00. The number of para-hydroxylation sites is 1. The molecule has 0 bridgehead atoms. The lowest BCUT2D eigenvalue weighted by molar-refractivity contribution is -0.384. The van der Waals surface area contributed by atoms with Crippen LogP contribution in [0.4, 0.5) is 11.4 Å². The van der Waals surface area contributed by atoms with Gasteiger partial charge in [0.25, 0.3) is 5.91 Å². The second kappa shape index (κ2) is 7.44. The third-order valence-corrected chi connectivity index (χ3v) is 2.62. The number of methoxy groups -OCH3 is 1. The molecule has 1 atom stereocenters. The molecule has 0 aliphatic heterocycles. The first-order valence-electron chi connectivity index (χ1n) is 6.32. The highest BCUT2D eigenvalue weighted by Gasteiger charge is 2.24. The first-order valence-corrected chi connectivity index (χ1v) is 6.32. The Balaban J connectivity index is 3.07. The molecule has 2 N–H and O–H groups in total. The minimum absolute atomic E-state index is 0.0383. The Labute approximate surface area is 117 Å². The Morgan fingerprint density at radius 2 is 2.20 bits per heavy atom. The van der Waals surface area contributed by atoms with Crippen LogP contribution in [-0.4, -0.2) is 37.1 Å². The van der Waals surface area contributed by atoms with Crippen molar-refractivity contribution in [2.24, 2.45) is 0 Å². The average molecular weight is 281 g/mol. The third-order valence-electron chi connectivity index (χ3n) is 2.62. The normalized spacial score (nSPS) is 11.8. The summed E-state index contributed by atoms with van der Waals surface area (Å²) in [6.45, 7) is 4.47. The van der Waals surface area contributed by atoms with Crippen LogP contribution in [-0.2, 0) is 4.74 Å². The predicted molar refractivity (Wildman–Crippen MR) is 76.1 cm³/mol. The van der Waals surface area contributed by atoms with E-state index in [2.05, 4.69) is 10.6 Å². The molecular weight excluding hydrogens is 262 g/mol. The van der Waals surface area contributed by atoms with Crippen molar-refractivity contribution in [3.8, 4) is 0 Å². The van der Waals surface area contributed by atoms with Crippen LogP contribution in [0.3, 0.4) is 0 Å². The number of rotatable bonds is 7. The minimum Gasteiger partial charge on any atom is -0.383 e. The minimum atomic E-state index is -0.548. The largest absolute Gasteiger partial charge is 0.383 e. The van der Waals surface area contributed by atoms with E-state index in [-0.39, 0.29) is 17.3 Å². The van der Waals surface area contributed by atoms with Gasteiger partial charge in [-0.1, -0.05) is 6.07 Å². The van der Waals surface area contributed by atoms with Crippen LogP contribution >= 0.6 is 0 Å². The van der Waals surface area contributed by atoms with Gasteiger partial charge in [0.05, 0.1) is 11.5 Å². The van der Waals surface area contributed by atoms with Gasteiger partial charge in [-0.25, -0.2) is 0 Å². The Hall–Kier alpha value is -2.15. The van der Waals surface area contributed by atoms with E-state index < -0.39 is 10.8 Å². The van der Waals surface area contributed by atoms with Gasteiger partial charge in [-0.15, -0.1) is 0 Å². The van der Waals surface area contributed by atoms with Crippen molar-refractivity contribution in [3.63, 3.8) is 0 Å². The van der Waals surface area contributed by atoms with Crippen LogP contribution in [0.1, 0.15) is 24.2 Å². The van der Waals surface area contributed by atoms with Crippen molar-refractivity contribution in [3.05, 3.63) is 33.9 Å². The van der Waals surface area contributed by atoms with Crippen LogP contribution in [0.2, 0.25) is 0 Å². The molecule has 0 aliphatic carbocycles. The highest BCUT2D eigenvalue weighted by atomic mass is 16.6. The summed E-state index contributed by atoms with van der Waals surface area (Å²) >= 11 is 0. The molecule has 7 nitrogen and oxygen atoms in total. The summed E-state index contributed by atoms with van der Waals surface area (Å²) in [5.41, 5.74) is 0.164. The fourth-order valence-corrected chi connectivity index (χ4v) is 1.85. The lowest BCUT2D eigenvalue weighted by Gasteiger charge is -2.14. The maximum Gasteiger partial charge on any atom is 0.305 e. The van der Waals surface area contributed by atoms with Gasteiger partial charge in [0, 0.05) is 19.7 Å². The van der Waals surface area contributed by atoms with Gasteiger partial charge in [0.2, 0.25) is 0 Å². The monoisotopic (exact) mass is 281 g/mol. The average Bonchev–Trinajstić information content (AvgIpc) is 2.38. The number of nitro benzene ring substituents is 1. The van der Waals surface area contributed by atoms with E-state index in [0.29, 0.717) is 18.8 Å². The molecule has 1 aromatic rings. The molecule has 0 fully saturated rings. The Bertz CT molecular complexity index is 491. The third kappa shape index (κ3) is 3.92. The van der Waals surface area contributed by atoms with Crippen LogP contribution < -0.4 is 10.6 Å². The molecule has 7 heteroatoms. The number of ether oxygens (including phenoxy) is 1. The van der Waals surface area contributed by atoms with E-state index in [9.17, 15) is 14.9 Å². The summed E-state index contributed by atoms with van der Waals surface area (Å²) in [5.74, 6) is -0.485. The Morgan fingerprint density at radius 3 is 2.75 bits per heavy atom. The second-order valence-electron chi connectivity index (χ2n) is 4.32. The van der Waals surface area contributed by atoms with E-state index in [0.717, 1.165) is 0 Å². The molecule has 0 aromatic heterocycles. The quantitative estimate of drug-likeness (QED) is 0.587. The van der Waals surface area contributed by atoms with E-state index in [1.165, 1.54) is 13.2 Å². The van der Waals surface area contributed by atoms with Gasteiger partial charge >= 0.3 is 5.69 Å². The zero-order chi connectivity index (χ0) is 15.1. The number of nitrogens with zero attached hydrogens (tertiary/aromatic N) is 1. The SMILES string of the molecule is CCNc1cccc(C(=O)NC(C)COC)c1[N+](=O)[O-]. The van der Waals surface area contributed by atoms with Gasteiger partial charge in [-0.05, 0) is 26.0 Å². The number of hydrogen-bond donors (Lipinski definition) is 2. The summed E-state index contributed by atoms with van der Waals surface area (Å²) in [4.78, 5) is 22.8. The van der Waals surface area contributed by atoms with Crippen LogP contribution in [0, 0.1) is 10.1 Å². The summed E-state index contributed by atoms with van der Waals surface area (Å²) in [7, 11) is 1.52. The molecule has 0 heterocycles. The molecule has 0 saturated carbocycles. The van der Waals surface area contributed by atoms with Crippen LogP contribution in [0.25, 0.3) is 0 Å².